The number of rotatable bonds is 4. The number of fused-ring (bicyclic) bond motifs is 1. The normalized spacial score (nSPS) is 24.5. The van der Waals surface area contributed by atoms with Gasteiger partial charge < -0.3 is 0 Å². The maximum absolute atomic E-state index is 14.9. The van der Waals surface area contributed by atoms with Crippen LogP contribution >= 0.6 is 0 Å². The molecule has 4 rings (SSSR count). The van der Waals surface area contributed by atoms with Crippen molar-refractivity contribution in [2.45, 2.75) is 19.4 Å². The van der Waals surface area contributed by atoms with Crippen LogP contribution in [0.5, 0.6) is 0 Å². The van der Waals surface area contributed by atoms with Gasteiger partial charge in [0.15, 0.2) is 0 Å². The fourth-order valence-corrected chi connectivity index (χ4v) is 4.19. The minimum atomic E-state index is -2.94. The highest BCUT2D eigenvalue weighted by molar-refractivity contribution is 6.21. The second-order valence-electron chi connectivity index (χ2n) is 7.72. The lowest BCUT2D eigenvalue weighted by Gasteiger charge is -2.43. The van der Waals surface area contributed by atoms with Gasteiger partial charge in [-0.25, -0.2) is 8.78 Å². The van der Waals surface area contributed by atoms with Crippen LogP contribution < -0.4 is 0 Å². The maximum atomic E-state index is 14.9. The Morgan fingerprint density at radius 3 is 2.11 bits per heavy atom. The first-order valence-electron chi connectivity index (χ1n) is 9.47. The predicted octanol–water partition coefficient (Wildman–Crippen LogP) is 3.69. The van der Waals surface area contributed by atoms with Gasteiger partial charge in [0.05, 0.1) is 17.0 Å². The topological polar surface area (TPSA) is 40.6 Å². The summed E-state index contributed by atoms with van der Waals surface area (Å²) < 4.78 is 29.9. The van der Waals surface area contributed by atoms with E-state index in [2.05, 4.69) is 0 Å². The van der Waals surface area contributed by atoms with Crippen LogP contribution in [0, 0.1) is 11.8 Å². The summed E-state index contributed by atoms with van der Waals surface area (Å²) in [5.74, 6) is -5.86. The van der Waals surface area contributed by atoms with E-state index in [1.54, 1.807) is 24.3 Å². The van der Waals surface area contributed by atoms with Crippen LogP contribution in [0.3, 0.4) is 0 Å². The summed E-state index contributed by atoms with van der Waals surface area (Å²) in [5, 5.41) is 0. The summed E-state index contributed by atoms with van der Waals surface area (Å²) in [5.41, 5.74) is 1.64. The summed E-state index contributed by atoms with van der Waals surface area (Å²) in [6.45, 7) is 2.25. The van der Waals surface area contributed by atoms with Gasteiger partial charge in [-0.3, -0.25) is 19.4 Å². The van der Waals surface area contributed by atoms with E-state index in [0.717, 1.165) is 10.5 Å². The van der Waals surface area contributed by atoms with E-state index in [0.29, 0.717) is 17.7 Å². The Labute approximate surface area is 162 Å². The van der Waals surface area contributed by atoms with Crippen LogP contribution in [0.1, 0.15) is 33.2 Å². The second-order valence-corrected chi connectivity index (χ2v) is 7.72. The molecular formula is C22H22F2N2O2. The van der Waals surface area contributed by atoms with Crippen molar-refractivity contribution in [2.75, 3.05) is 19.6 Å². The summed E-state index contributed by atoms with van der Waals surface area (Å²) in [7, 11) is 0. The van der Waals surface area contributed by atoms with Gasteiger partial charge in [-0.2, -0.15) is 0 Å². The molecule has 4 nitrogen and oxygen atoms in total. The van der Waals surface area contributed by atoms with Crippen molar-refractivity contribution in [3.63, 3.8) is 0 Å². The number of hydrogen-bond donors (Lipinski definition) is 0. The average Bonchev–Trinajstić information content (AvgIpc) is 2.92. The molecule has 0 radical (unpaired) electrons. The van der Waals surface area contributed by atoms with Crippen LogP contribution in [-0.4, -0.2) is 47.2 Å². The molecule has 0 aliphatic carbocycles. The SMILES string of the molecule is CC1CN(Cc2ccccc2)CC(CN2C(=O)c3ccccc3C2=O)C1(F)F. The lowest BCUT2D eigenvalue weighted by Crippen LogP contribution is -2.56. The molecule has 2 aromatic carbocycles. The zero-order valence-corrected chi connectivity index (χ0v) is 15.6. The van der Waals surface area contributed by atoms with Gasteiger partial charge in [-0.1, -0.05) is 49.4 Å². The van der Waals surface area contributed by atoms with Crippen LogP contribution in [-0.2, 0) is 6.54 Å². The second kappa shape index (κ2) is 7.09. The third-order valence-electron chi connectivity index (χ3n) is 5.74. The molecule has 1 fully saturated rings. The molecule has 2 amide bonds. The molecule has 2 unspecified atom stereocenters. The number of alkyl halides is 2. The van der Waals surface area contributed by atoms with Crippen LogP contribution in [0.15, 0.2) is 54.6 Å². The fourth-order valence-electron chi connectivity index (χ4n) is 4.19. The third kappa shape index (κ3) is 3.22. The Morgan fingerprint density at radius 1 is 0.929 bits per heavy atom. The predicted molar refractivity (Wildman–Crippen MR) is 101 cm³/mol. The van der Waals surface area contributed by atoms with Crippen molar-refractivity contribution in [3.8, 4) is 0 Å². The van der Waals surface area contributed by atoms with Crippen LogP contribution in [0.2, 0.25) is 0 Å². The smallest absolute Gasteiger partial charge is 0.261 e. The number of imide groups is 1. The number of benzene rings is 2. The Bertz CT molecular complexity index is 865. The van der Waals surface area contributed by atoms with E-state index in [9.17, 15) is 18.4 Å². The summed E-state index contributed by atoms with van der Waals surface area (Å²) in [6, 6.07) is 16.2. The van der Waals surface area contributed by atoms with Crippen molar-refractivity contribution in [1.29, 1.82) is 0 Å². The monoisotopic (exact) mass is 384 g/mol. The lowest BCUT2D eigenvalue weighted by atomic mass is 9.85. The number of amides is 2. The fraction of sp³-hybridized carbons (Fsp3) is 0.364. The molecule has 6 heteroatoms. The van der Waals surface area contributed by atoms with E-state index in [-0.39, 0.29) is 19.6 Å². The highest BCUT2D eigenvalue weighted by Crippen LogP contribution is 2.39. The zero-order valence-electron chi connectivity index (χ0n) is 15.6. The standard InChI is InChI=1S/C22H22F2N2O2/c1-15-11-25(12-16-7-3-2-4-8-16)13-17(22(15,23)24)14-26-20(27)18-9-5-6-10-19(18)21(26)28/h2-10,15,17H,11-14H2,1H3. The number of carbonyl (C=O) groups excluding carboxylic acids is 2. The van der Waals surface area contributed by atoms with E-state index in [1.165, 1.54) is 6.92 Å². The Morgan fingerprint density at radius 2 is 1.50 bits per heavy atom. The number of carbonyl (C=O) groups is 2. The third-order valence-corrected chi connectivity index (χ3v) is 5.74. The van der Waals surface area contributed by atoms with Crippen LogP contribution in [0.4, 0.5) is 8.78 Å². The van der Waals surface area contributed by atoms with Gasteiger partial charge in [0, 0.05) is 32.1 Å². The quantitative estimate of drug-likeness (QED) is 0.755. The number of likely N-dealkylation sites (tertiary alicyclic amines) is 1. The molecule has 0 aromatic heterocycles. The highest BCUT2D eigenvalue weighted by atomic mass is 19.3. The van der Waals surface area contributed by atoms with Gasteiger partial charge in [-0.15, -0.1) is 0 Å². The number of piperidine rings is 1. The first-order valence-corrected chi connectivity index (χ1v) is 9.47. The van der Waals surface area contributed by atoms with Crippen LogP contribution in [0.25, 0.3) is 0 Å². The summed E-state index contributed by atoms with van der Waals surface area (Å²) in [4.78, 5) is 28.2. The lowest BCUT2D eigenvalue weighted by molar-refractivity contribution is -0.148. The minimum absolute atomic E-state index is 0.139. The van der Waals surface area contributed by atoms with Crippen molar-refractivity contribution in [1.82, 2.24) is 9.80 Å². The molecule has 28 heavy (non-hydrogen) atoms. The zero-order chi connectivity index (χ0) is 19.9. The number of nitrogens with zero attached hydrogens (tertiary/aromatic N) is 2. The van der Waals surface area contributed by atoms with Crippen molar-refractivity contribution >= 4 is 11.8 Å². The highest BCUT2D eigenvalue weighted by Gasteiger charge is 2.51. The molecule has 2 atom stereocenters. The summed E-state index contributed by atoms with van der Waals surface area (Å²) in [6.07, 6.45) is 0. The van der Waals surface area contributed by atoms with Gasteiger partial charge in [0.2, 0.25) is 0 Å². The minimum Gasteiger partial charge on any atom is -0.298 e. The molecule has 2 aliphatic rings. The van der Waals surface area contributed by atoms with Gasteiger partial charge in [0.1, 0.15) is 0 Å². The number of halogens is 2. The molecule has 0 bridgehead atoms. The average molecular weight is 384 g/mol. The van der Waals surface area contributed by atoms with E-state index >= 15 is 0 Å². The molecule has 2 aromatic rings. The van der Waals surface area contributed by atoms with Crippen molar-refractivity contribution in [3.05, 3.63) is 71.3 Å². The first kappa shape index (κ1) is 18.7. The molecule has 146 valence electrons. The molecule has 0 spiro atoms. The van der Waals surface area contributed by atoms with E-state index in [1.807, 2.05) is 35.2 Å². The van der Waals surface area contributed by atoms with Gasteiger partial charge in [-0.05, 0) is 17.7 Å². The molecular weight excluding hydrogens is 362 g/mol. The first-order chi connectivity index (χ1) is 13.4. The molecule has 0 saturated carbocycles. The molecule has 0 N–H and O–H groups in total. The van der Waals surface area contributed by atoms with E-state index < -0.39 is 29.6 Å². The Hall–Kier alpha value is -2.60. The molecule has 2 heterocycles. The largest absolute Gasteiger partial charge is 0.298 e. The maximum Gasteiger partial charge on any atom is 0.261 e. The van der Waals surface area contributed by atoms with Crippen molar-refractivity contribution in [2.24, 2.45) is 11.8 Å². The molecule has 2 aliphatic heterocycles. The Balaban J connectivity index is 1.54. The van der Waals surface area contributed by atoms with Gasteiger partial charge >= 0.3 is 0 Å². The Kier molecular flexibility index (Phi) is 4.75. The van der Waals surface area contributed by atoms with E-state index in [4.69, 9.17) is 0 Å². The summed E-state index contributed by atoms with van der Waals surface area (Å²) >= 11 is 0. The van der Waals surface area contributed by atoms with Crippen molar-refractivity contribution < 1.29 is 18.4 Å². The molecule has 1 saturated heterocycles. The number of hydrogen-bond acceptors (Lipinski definition) is 3. The van der Waals surface area contributed by atoms with Gasteiger partial charge in [0.25, 0.3) is 17.7 Å².